The molecule has 0 aliphatic carbocycles. The van der Waals surface area contributed by atoms with Crippen molar-refractivity contribution in [1.29, 1.82) is 0 Å². The lowest BCUT2D eigenvalue weighted by Crippen LogP contribution is -2.49. The fourth-order valence-corrected chi connectivity index (χ4v) is 3.64. The quantitative estimate of drug-likeness (QED) is 0.485. The molecule has 1 fully saturated rings. The molecule has 1 saturated heterocycles. The normalized spacial score (nSPS) is 18.3. The standard InChI is InChI=1S/C12H17N3O5S/c1-12(4-6-20-7-5-12)14-21(18,19)9-2-3-10(13)11(8-9)15(16)17/h2-3,8,14H,4-7,13H2,1H3. The van der Waals surface area contributed by atoms with Crippen LogP contribution >= 0.6 is 0 Å². The Kier molecular flexibility index (Phi) is 4.17. The lowest BCUT2D eigenvalue weighted by atomic mass is 9.94. The second kappa shape index (κ2) is 5.58. The highest BCUT2D eigenvalue weighted by Crippen LogP contribution is 2.27. The van der Waals surface area contributed by atoms with Crippen LogP contribution < -0.4 is 10.5 Å². The SMILES string of the molecule is CC1(NS(=O)(=O)c2ccc(N)c([N+](=O)[O-])c2)CCOCC1. The second-order valence-corrected chi connectivity index (χ2v) is 6.94. The molecule has 0 bridgehead atoms. The van der Waals surface area contributed by atoms with Gasteiger partial charge in [0.25, 0.3) is 5.69 Å². The number of nitrogen functional groups attached to an aromatic ring is 1. The maximum Gasteiger partial charge on any atom is 0.293 e. The molecule has 116 valence electrons. The number of anilines is 1. The van der Waals surface area contributed by atoms with E-state index in [1.54, 1.807) is 6.92 Å². The minimum Gasteiger partial charge on any atom is -0.393 e. The van der Waals surface area contributed by atoms with E-state index in [-0.39, 0.29) is 10.6 Å². The molecule has 0 atom stereocenters. The third-order valence-corrected chi connectivity index (χ3v) is 5.12. The maximum absolute atomic E-state index is 12.4. The van der Waals surface area contributed by atoms with Crippen LogP contribution in [0.3, 0.4) is 0 Å². The van der Waals surface area contributed by atoms with Gasteiger partial charge in [-0.15, -0.1) is 0 Å². The van der Waals surface area contributed by atoms with Crippen molar-refractivity contribution in [1.82, 2.24) is 4.72 Å². The molecule has 0 unspecified atom stereocenters. The summed E-state index contributed by atoms with van der Waals surface area (Å²) in [5.74, 6) is 0. The van der Waals surface area contributed by atoms with Crippen molar-refractivity contribution >= 4 is 21.4 Å². The van der Waals surface area contributed by atoms with E-state index >= 15 is 0 Å². The van der Waals surface area contributed by atoms with Crippen molar-refractivity contribution in [3.8, 4) is 0 Å². The lowest BCUT2D eigenvalue weighted by Gasteiger charge is -2.33. The summed E-state index contributed by atoms with van der Waals surface area (Å²) >= 11 is 0. The number of sulfonamides is 1. The number of nitrogens with zero attached hydrogens (tertiary/aromatic N) is 1. The van der Waals surface area contributed by atoms with Crippen molar-refractivity contribution in [3.05, 3.63) is 28.3 Å². The highest BCUT2D eigenvalue weighted by Gasteiger charge is 2.33. The van der Waals surface area contributed by atoms with Crippen LogP contribution in [0.5, 0.6) is 0 Å². The van der Waals surface area contributed by atoms with Crippen LogP contribution in [0, 0.1) is 10.1 Å². The van der Waals surface area contributed by atoms with E-state index in [9.17, 15) is 18.5 Å². The fraction of sp³-hybridized carbons (Fsp3) is 0.500. The van der Waals surface area contributed by atoms with Crippen LogP contribution in [0.4, 0.5) is 11.4 Å². The van der Waals surface area contributed by atoms with Gasteiger partial charge in [0.1, 0.15) is 5.69 Å². The van der Waals surface area contributed by atoms with Gasteiger partial charge in [0.2, 0.25) is 10.0 Å². The molecule has 1 aromatic rings. The first-order chi connectivity index (χ1) is 9.73. The molecule has 0 amide bonds. The molecule has 2 rings (SSSR count). The summed E-state index contributed by atoms with van der Waals surface area (Å²) in [4.78, 5) is 9.97. The summed E-state index contributed by atoms with van der Waals surface area (Å²) in [6.07, 6.45) is 1.09. The number of nitro benzene ring substituents is 1. The van der Waals surface area contributed by atoms with Gasteiger partial charge < -0.3 is 10.5 Å². The third kappa shape index (κ3) is 3.49. The summed E-state index contributed by atoms with van der Waals surface area (Å²) in [7, 11) is -3.86. The molecule has 8 nitrogen and oxygen atoms in total. The van der Waals surface area contributed by atoms with Gasteiger partial charge in [-0.25, -0.2) is 13.1 Å². The Hall–Kier alpha value is -1.71. The largest absolute Gasteiger partial charge is 0.393 e. The van der Waals surface area contributed by atoms with E-state index in [1.807, 2.05) is 0 Å². The molecule has 0 aromatic heterocycles. The van der Waals surface area contributed by atoms with E-state index in [0.29, 0.717) is 26.1 Å². The van der Waals surface area contributed by atoms with Gasteiger partial charge in [-0.1, -0.05) is 0 Å². The van der Waals surface area contributed by atoms with Crippen molar-refractivity contribution in [2.45, 2.75) is 30.2 Å². The number of hydrogen-bond donors (Lipinski definition) is 2. The van der Waals surface area contributed by atoms with Crippen LogP contribution in [0.25, 0.3) is 0 Å². The zero-order valence-electron chi connectivity index (χ0n) is 11.5. The predicted octanol–water partition coefficient (Wildman–Crippen LogP) is 1.02. The van der Waals surface area contributed by atoms with Crippen LogP contribution in [0.15, 0.2) is 23.1 Å². The first-order valence-electron chi connectivity index (χ1n) is 6.39. The molecule has 1 heterocycles. The number of ether oxygens (including phenoxy) is 1. The molecule has 0 radical (unpaired) electrons. The molecule has 1 aliphatic rings. The summed E-state index contributed by atoms with van der Waals surface area (Å²) in [6.45, 7) is 2.74. The maximum atomic E-state index is 12.4. The molecule has 21 heavy (non-hydrogen) atoms. The van der Waals surface area contributed by atoms with Crippen molar-refractivity contribution in [2.24, 2.45) is 0 Å². The van der Waals surface area contributed by atoms with Gasteiger partial charge in [0, 0.05) is 24.8 Å². The molecular formula is C12H17N3O5S. The molecule has 9 heteroatoms. The summed E-state index contributed by atoms with van der Waals surface area (Å²) in [5, 5.41) is 10.8. The minimum atomic E-state index is -3.86. The molecule has 0 saturated carbocycles. The van der Waals surface area contributed by atoms with E-state index in [4.69, 9.17) is 10.5 Å². The Morgan fingerprint density at radius 1 is 1.38 bits per heavy atom. The van der Waals surface area contributed by atoms with Gasteiger partial charge in [0.05, 0.1) is 9.82 Å². The highest BCUT2D eigenvalue weighted by molar-refractivity contribution is 7.89. The van der Waals surface area contributed by atoms with Gasteiger partial charge in [-0.3, -0.25) is 10.1 Å². The van der Waals surface area contributed by atoms with Gasteiger partial charge in [-0.05, 0) is 31.9 Å². The van der Waals surface area contributed by atoms with E-state index in [1.165, 1.54) is 12.1 Å². The monoisotopic (exact) mass is 315 g/mol. The summed E-state index contributed by atoms with van der Waals surface area (Å²) in [5.41, 5.74) is 4.36. The molecule has 1 aliphatic heterocycles. The Labute approximate surface area is 122 Å². The highest BCUT2D eigenvalue weighted by atomic mass is 32.2. The average molecular weight is 315 g/mol. The van der Waals surface area contributed by atoms with Crippen LogP contribution in [-0.4, -0.2) is 32.1 Å². The van der Waals surface area contributed by atoms with E-state index in [2.05, 4.69) is 4.72 Å². The number of nitro groups is 1. The van der Waals surface area contributed by atoms with Crippen LogP contribution in [-0.2, 0) is 14.8 Å². The zero-order valence-corrected chi connectivity index (χ0v) is 12.4. The Balaban J connectivity index is 2.31. The number of nitrogens with two attached hydrogens (primary N) is 1. The third-order valence-electron chi connectivity index (χ3n) is 3.49. The molecule has 1 aromatic carbocycles. The smallest absolute Gasteiger partial charge is 0.293 e. The van der Waals surface area contributed by atoms with Gasteiger partial charge in [-0.2, -0.15) is 0 Å². The molecular weight excluding hydrogens is 298 g/mol. The first-order valence-corrected chi connectivity index (χ1v) is 7.87. The number of rotatable bonds is 4. The lowest BCUT2D eigenvalue weighted by molar-refractivity contribution is -0.384. The summed E-state index contributed by atoms with van der Waals surface area (Å²) < 4.78 is 32.6. The fourth-order valence-electron chi connectivity index (χ4n) is 2.16. The second-order valence-electron chi connectivity index (χ2n) is 5.26. The number of nitrogens with one attached hydrogen (secondary N) is 1. The zero-order chi connectivity index (χ0) is 15.7. The Morgan fingerprint density at radius 3 is 2.57 bits per heavy atom. The Morgan fingerprint density at radius 2 is 2.00 bits per heavy atom. The predicted molar refractivity (Wildman–Crippen MR) is 76.3 cm³/mol. The van der Waals surface area contributed by atoms with Crippen LogP contribution in [0.2, 0.25) is 0 Å². The Bertz CT molecular complexity index is 653. The minimum absolute atomic E-state index is 0.0729. The average Bonchev–Trinajstić information content (AvgIpc) is 2.38. The number of hydrogen-bond acceptors (Lipinski definition) is 6. The molecule has 0 spiro atoms. The van der Waals surface area contributed by atoms with Crippen LogP contribution in [0.1, 0.15) is 19.8 Å². The van der Waals surface area contributed by atoms with Crippen molar-refractivity contribution in [2.75, 3.05) is 18.9 Å². The number of benzene rings is 1. The van der Waals surface area contributed by atoms with Crippen molar-refractivity contribution < 1.29 is 18.1 Å². The van der Waals surface area contributed by atoms with Crippen molar-refractivity contribution in [3.63, 3.8) is 0 Å². The topological polar surface area (TPSA) is 125 Å². The van der Waals surface area contributed by atoms with Gasteiger partial charge in [0.15, 0.2) is 0 Å². The first kappa shape index (κ1) is 15.7. The van der Waals surface area contributed by atoms with E-state index in [0.717, 1.165) is 6.07 Å². The molecule has 3 N–H and O–H groups in total. The van der Waals surface area contributed by atoms with E-state index < -0.39 is 26.2 Å². The summed E-state index contributed by atoms with van der Waals surface area (Å²) in [6, 6.07) is 3.45. The van der Waals surface area contributed by atoms with Gasteiger partial charge >= 0.3 is 0 Å².